The Balaban J connectivity index is 2.00. The highest BCUT2D eigenvalue weighted by atomic mass is 32.2. The van der Waals surface area contributed by atoms with Crippen molar-refractivity contribution >= 4 is 16.5 Å². The maximum absolute atomic E-state index is 11.2. The van der Waals surface area contributed by atoms with Crippen LogP contribution >= 0.6 is 0 Å². The lowest BCUT2D eigenvalue weighted by Gasteiger charge is -2.12. The molecule has 1 aromatic carbocycles. The van der Waals surface area contributed by atoms with Crippen molar-refractivity contribution in [3.8, 4) is 0 Å². The molecule has 82 valence electrons. The Labute approximate surface area is 92.3 Å². The van der Waals surface area contributed by atoms with E-state index in [0.717, 1.165) is 30.2 Å². The lowest BCUT2D eigenvalue weighted by molar-refractivity contribution is 0.195. The van der Waals surface area contributed by atoms with Crippen LogP contribution in [0.1, 0.15) is 6.42 Å². The van der Waals surface area contributed by atoms with Gasteiger partial charge in [0.2, 0.25) is 0 Å². The normalized spacial score (nSPS) is 22.6. The highest BCUT2D eigenvalue weighted by molar-refractivity contribution is 7.84. The van der Waals surface area contributed by atoms with Crippen LogP contribution in [0.25, 0.3) is 0 Å². The Morgan fingerprint density at radius 1 is 1.40 bits per heavy atom. The van der Waals surface area contributed by atoms with E-state index in [2.05, 4.69) is 5.32 Å². The van der Waals surface area contributed by atoms with Crippen LogP contribution in [0, 0.1) is 0 Å². The molecule has 0 aromatic heterocycles. The number of benzene rings is 1. The van der Waals surface area contributed by atoms with Crippen molar-refractivity contribution < 1.29 is 8.95 Å². The molecule has 1 aromatic rings. The van der Waals surface area contributed by atoms with Crippen LogP contribution in [0.4, 0.5) is 5.69 Å². The topological polar surface area (TPSA) is 38.3 Å². The van der Waals surface area contributed by atoms with Crippen LogP contribution in [0.3, 0.4) is 0 Å². The molecular formula is C11H15NO2S. The molecule has 1 fully saturated rings. The Kier molecular flexibility index (Phi) is 3.38. The molecule has 2 atom stereocenters. The zero-order valence-electron chi connectivity index (χ0n) is 8.73. The summed E-state index contributed by atoms with van der Waals surface area (Å²) in [7, 11) is -0.894. The molecule has 0 spiro atoms. The molecule has 1 saturated heterocycles. The molecule has 0 amide bonds. The summed E-state index contributed by atoms with van der Waals surface area (Å²) in [5.74, 6) is 0. The van der Waals surface area contributed by atoms with Crippen LogP contribution in [0.15, 0.2) is 29.2 Å². The predicted molar refractivity (Wildman–Crippen MR) is 61.6 cm³/mol. The van der Waals surface area contributed by atoms with Crippen LogP contribution in [0.5, 0.6) is 0 Å². The van der Waals surface area contributed by atoms with E-state index >= 15 is 0 Å². The van der Waals surface area contributed by atoms with Crippen molar-refractivity contribution in [1.82, 2.24) is 0 Å². The van der Waals surface area contributed by atoms with E-state index in [9.17, 15) is 4.21 Å². The van der Waals surface area contributed by atoms with Crippen LogP contribution in [-0.2, 0) is 15.5 Å². The minimum atomic E-state index is -0.894. The number of hydrogen-bond acceptors (Lipinski definition) is 3. The highest BCUT2D eigenvalue weighted by Crippen LogP contribution is 2.15. The van der Waals surface area contributed by atoms with Gasteiger partial charge >= 0.3 is 0 Å². The van der Waals surface area contributed by atoms with E-state index in [-0.39, 0.29) is 0 Å². The Morgan fingerprint density at radius 3 is 2.67 bits per heavy atom. The summed E-state index contributed by atoms with van der Waals surface area (Å²) in [6.45, 7) is 1.62. The fraction of sp³-hybridized carbons (Fsp3) is 0.455. The number of hydrogen-bond donors (Lipinski definition) is 1. The van der Waals surface area contributed by atoms with Crippen LogP contribution < -0.4 is 5.32 Å². The quantitative estimate of drug-likeness (QED) is 0.849. The summed E-state index contributed by atoms with van der Waals surface area (Å²) in [6, 6.07) is 8.15. The predicted octanol–water partition coefficient (Wildman–Crippen LogP) is 1.62. The first-order valence-electron chi connectivity index (χ1n) is 5.03. The van der Waals surface area contributed by atoms with Gasteiger partial charge in [0.05, 0.1) is 12.6 Å². The van der Waals surface area contributed by atoms with Crippen molar-refractivity contribution in [3.63, 3.8) is 0 Å². The third-order valence-electron chi connectivity index (χ3n) is 2.49. The van der Waals surface area contributed by atoms with Gasteiger partial charge in [0.25, 0.3) is 0 Å². The maximum Gasteiger partial charge on any atom is 0.0668 e. The lowest BCUT2D eigenvalue weighted by Crippen LogP contribution is -2.18. The molecule has 0 aliphatic carbocycles. The Hall–Kier alpha value is -0.870. The second-order valence-electron chi connectivity index (χ2n) is 3.68. The fourth-order valence-electron chi connectivity index (χ4n) is 1.63. The average molecular weight is 225 g/mol. The summed E-state index contributed by atoms with van der Waals surface area (Å²) in [5.41, 5.74) is 1.07. The van der Waals surface area contributed by atoms with Crippen LogP contribution in [0.2, 0.25) is 0 Å². The minimum Gasteiger partial charge on any atom is -0.380 e. The minimum absolute atomic E-state index is 0.419. The Bertz CT molecular complexity index is 344. The molecule has 15 heavy (non-hydrogen) atoms. The first kappa shape index (κ1) is 10.6. The molecule has 1 aliphatic heterocycles. The SMILES string of the molecule is CS(=O)c1ccc(NC2CCOC2)cc1. The van der Waals surface area contributed by atoms with Gasteiger partial charge in [-0.2, -0.15) is 0 Å². The van der Waals surface area contributed by atoms with Crippen molar-refractivity contribution in [3.05, 3.63) is 24.3 Å². The standard InChI is InChI=1S/C11H15NO2S/c1-15(13)11-4-2-9(3-5-11)12-10-6-7-14-8-10/h2-5,10,12H,6-8H2,1H3. The average Bonchev–Trinajstić information content (AvgIpc) is 2.71. The maximum atomic E-state index is 11.2. The molecule has 0 bridgehead atoms. The van der Waals surface area contributed by atoms with Crippen molar-refractivity contribution in [2.45, 2.75) is 17.4 Å². The molecule has 4 heteroatoms. The molecule has 0 radical (unpaired) electrons. The molecule has 1 aliphatic rings. The molecular weight excluding hydrogens is 210 g/mol. The third kappa shape index (κ3) is 2.79. The van der Waals surface area contributed by atoms with E-state index in [1.807, 2.05) is 24.3 Å². The van der Waals surface area contributed by atoms with Gasteiger partial charge in [-0.05, 0) is 30.7 Å². The summed E-state index contributed by atoms with van der Waals surface area (Å²) >= 11 is 0. The van der Waals surface area contributed by atoms with E-state index in [1.165, 1.54) is 0 Å². The molecule has 0 saturated carbocycles. The fourth-order valence-corrected chi connectivity index (χ4v) is 2.15. The van der Waals surface area contributed by atoms with Crippen molar-refractivity contribution in [1.29, 1.82) is 0 Å². The lowest BCUT2D eigenvalue weighted by atomic mass is 10.2. The number of rotatable bonds is 3. The zero-order valence-corrected chi connectivity index (χ0v) is 9.55. The van der Waals surface area contributed by atoms with E-state index < -0.39 is 10.8 Å². The molecule has 2 rings (SSSR count). The largest absolute Gasteiger partial charge is 0.380 e. The summed E-state index contributed by atoms with van der Waals surface area (Å²) in [5, 5.41) is 3.38. The van der Waals surface area contributed by atoms with Crippen molar-refractivity contribution in [2.24, 2.45) is 0 Å². The van der Waals surface area contributed by atoms with Crippen LogP contribution in [-0.4, -0.2) is 29.7 Å². The monoisotopic (exact) mass is 225 g/mol. The van der Waals surface area contributed by atoms with Gasteiger partial charge in [0.15, 0.2) is 0 Å². The van der Waals surface area contributed by atoms with Gasteiger partial charge in [0, 0.05) is 34.2 Å². The summed E-state index contributed by atoms with van der Waals surface area (Å²) in [4.78, 5) is 0.864. The number of anilines is 1. The van der Waals surface area contributed by atoms with Gasteiger partial charge in [-0.3, -0.25) is 4.21 Å². The van der Waals surface area contributed by atoms with Gasteiger partial charge < -0.3 is 10.1 Å². The second-order valence-corrected chi connectivity index (χ2v) is 5.06. The zero-order chi connectivity index (χ0) is 10.7. The highest BCUT2D eigenvalue weighted by Gasteiger charge is 2.14. The van der Waals surface area contributed by atoms with Crippen molar-refractivity contribution in [2.75, 3.05) is 24.8 Å². The van der Waals surface area contributed by atoms with E-state index in [4.69, 9.17) is 4.74 Å². The smallest absolute Gasteiger partial charge is 0.0668 e. The van der Waals surface area contributed by atoms with Gasteiger partial charge in [-0.25, -0.2) is 0 Å². The summed E-state index contributed by atoms with van der Waals surface area (Å²) in [6.07, 6.45) is 2.74. The molecule has 2 unspecified atom stereocenters. The first-order chi connectivity index (χ1) is 7.25. The van der Waals surface area contributed by atoms with E-state index in [1.54, 1.807) is 6.26 Å². The van der Waals surface area contributed by atoms with Gasteiger partial charge in [0.1, 0.15) is 0 Å². The number of nitrogens with one attached hydrogen (secondary N) is 1. The summed E-state index contributed by atoms with van der Waals surface area (Å²) < 4.78 is 16.5. The van der Waals surface area contributed by atoms with Gasteiger partial charge in [-0.1, -0.05) is 0 Å². The van der Waals surface area contributed by atoms with E-state index in [0.29, 0.717) is 6.04 Å². The third-order valence-corrected chi connectivity index (χ3v) is 3.42. The van der Waals surface area contributed by atoms with Gasteiger partial charge in [-0.15, -0.1) is 0 Å². The second kappa shape index (κ2) is 4.77. The first-order valence-corrected chi connectivity index (χ1v) is 6.59. The Morgan fingerprint density at radius 2 is 2.13 bits per heavy atom. The molecule has 3 nitrogen and oxygen atoms in total. The number of ether oxygens (including phenoxy) is 1. The molecule has 1 heterocycles. The molecule has 1 N–H and O–H groups in total.